The third-order valence-corrected chi connectivity index (χ3v) is 3.95. The van der Waals surface area contributed by atoms with E-state index in [1.165, 1.54) is 0 Å². The molecule has 0 bridgehead atoms. The van der Waals surface area contributed by atoms with Crippen molar-refractivity contribution in [3.63, 3.8) is 0 Å². The molecular formula is C11H23BN2O4. The molecule has 1 saturated carbocycles. The highest BCUT2D eigenvalue weighted by Gasteiger charge is 2.35. The smallest absolute Gasteiger partial charge is 0.452 e. The minimum absolute atomic E-state index is 0.0654. The van der Waals surface area contributed by atoms with Gasteiger partial charge in [-0.3, -0.25) is 4.79 Å². The molecule has 1 aliphatic carbocycles. The number of carboxylic acid groups (broad SMARTS) is 1. The second kappa shape index (κ2) is 7.08. The average molecular weight is 258 g/mol. The van der Waals surface area contributed by atoms with Gasteiger partial charge in [0.2, 0.25) is 0 Å². The van der Waals surface area contributed by atoms with Crippen molar-refractivity contribution in [2.24, 2.45) is 17.6 Å². The Morgan fingerprint density at radius 2 is 2.11 bits per heavy atom. The molecule has 7 heteroatoms. The van der Waals surface area contributed by atoms with E-state index in [0.29, 0.717) is 19.5 Å². The van der Waals surface area contributed by atoms with Crippen LogP contribution in [0.25, 0.3) is 0 Å². The van der Waals surface area contributed by atoms with Gasteiger partial charge in [-0.15, -0.1) is 0 Å². The molecule has 1 fully saturated rings. The lowest BCUT2D eigenvalue weighted by molar-refractivity contribution is -0.145. The van der Waals surface area contributed by atoms with Crippen LogP contribution in [0.1, 0.15) is 19.3 Å². The summed E-state index contributed by atoms with van der Waals surface area (Å²) in [6.07, 6.45) is 2.62. The second-order valence-electron chi connectivity index (χ2n) is 5.16. The maximum Gasteiger partial charge on any atom is 0.452 e. The van der Waals surface area contributed by atoms with Crippen LogP contribution >= 0.6 is 0 Å². The van der Waals surface area contributed by atoms with Crippen LogP contribution in [0.15, 0.2) is 0 Å². The van der Waals surface area contributed by atoms with Gasteiger partial charge in [0, 0.05) is 6.04 Å². The lowest BCUT2D eigenvalue weighted by Gasteiger charge is -2.38. The van der Waals surface area contributed by atoms with Crippen LogP contribution in [0.3, 0.4) is 0 Å². The predicted molar refractivity (Wildman–Crippen MR) is 68.9 cm³/mol. The van der Waals surface area contributed by atoms with Gasteiger partial charge in [0.25, 0.3) is 0 Å². The highest BCUT2D eigenvalue weighted by molar-refractivity contribution is 6.41. The average Bonchev–Trinajstić information content (AvgIpc) is 2.34. The number of rotatable bonds is 6. The molecule has 0 saturated heterocycles. The lowest BCUT2D eigenvalue weighted by Crippen LogP contribution is -2.44. The molecule has 0 aromatic rings. The summed E-state index contributed by atoms with van der Waals surface area (Å²) < 4.78 is 0. The van der Waals surface area contributed by atoms with Crippen LogP contribution in [0, 0.1) is 11.8 Å². The zero-order chi connectivity index (χ0) is 13.7. The van der Waals surface area contributed by atoms with Crippen molar-refractivity contribution in [3.05, 3.63) is 0 Å². The molecule has 0 spiro atoms. The van der Waals surface area contributed by atoms with Crippen LogP contribution in [0.2, 0.25) is 6.32 Å². The molecule has 0 heterocycles. The first-order chi connectivity index (χ1) is 8.45. The molecule has 18 heavy (non-hydrogen) atoms. The van der Waals surface area contributed by atoms with Crippen LogP contribution in [0.4, 0.5) is 0 Å². The minimum Gasteiger partial charge on any atom is -0.481 e. The Hall–Kier alpha value is -0.625. The molecular weight excluding hydrogens is 235 g/mol. The van der Waals surface area contributed by atoms with Crippen molar-refractivity contribution in [2.75, 3.05) is 20.1 Å². The lowest BCUT2D eigenvalue weighted by atomic mass is 9.76. The maximum absolute atomic E-state index is 11.2. The van der Waals surface area contributed by atoms with Gasteiger partial charge >= 0.3 is 13.1 Å². The van der Waals surface area contributed by atoms with E-state index in [1.807, 2.05) is 11.9 Å². The number of aliphatic carboxylic acids is 1. The molecule has 3 atom stereocenters. The quantitative estimate of drug-likeness (QED) is 0.465. The zero-order valence-corrected chi connectivity index (χ0v) is 10.8. The van der Waals surface area contributed by atoms with Crippen molar-refractivity contribution < 1.29 is 19.9 Å². The molecule has 3 unspecified atom stereocenters. The fourth-order valence-electron chi connectivity index (χ4n) is 2.70. The van der Waals surface area contributed by atoms with Crippen molar-refractivity contribution in [1.29, 1.82) is 0 Å². The maximum atomic E-state index is 11.2. The Balaban J connectivity index is 2.51. The van der Waals surface area contributed by atoms with E-state index in [-0.39, 0.29) is 24.2 Å². The number of nitrogens with zero attached hydrogens (tertiary/aromatic N) is 1. The monoisotopic (exact) mass is 258 g/mol. The van der Waals surface area contributed by atoms with Gasteiger partial charge in [0.1, 0.15) is 0 Å². The SMILES string of the molecule is CN(CCB(O)O)C1CCC(CN)C(C(=O)O)C1. The van der Waals surface area contributed by atoms with Crippen LogP contribution in [-0.4, -0.2) is 59.3 Å². The van der Waals surface area contributed by atoms with Gasteiger partial charge in [-0.25, -0.2) is 0 Å². The number of carboxylic acids is 1. The highest BCUT2D eigenvalue weighted by Crippen LogP contribution is 2.32. The summed E-state index contributed by atoms with van der Waals surface area (Å²) in [5.74, 6) is -1.09. The summed E-state index contributed by atoms with van der Waals surface area (Å²) in [5.41, 5.74) is 5.61. The number of hydrogen-bond acceptors (Lipinski definition) is 5. The van der Waals surface area contributed by atoms with Crippen LogP contribution < -0.4 is 5.73 Å². The fourth-order valence-corrected chi connectivity index (χ4v) is 2.70. The molecule has 1 aliphatic rings. The Morgan fingerprint density at radius 3 is 2.61 bits per heavy atom. The topological polar surface area (TPSA) is 107 Å². The standard InChI is InChI=1S/C11H23BN2O4/c1-14(5-4-12(17)18)9-3-2-8(7-13)10(6-9)11(15)16/h8-10,17-18H,2-7,13H2,1H3,(H,15,16). The van der Waals surface area contributed by atoms with E-state index >= 15 is 0 Å². The molecule has 104 valence electrons. The van der Waals surface area contributed by atoms with E-state index in [2.05, 4.69) is 0 Å². The third-order valence-electron chi connectivity index (χ3n) is 3.95. The molecule has 5 N–H and O–H groups in total. The van der Waals surface area contributed by atoms with Gasteiger partial charge < -0.3 is 25.8 Å². The summed E-state index contributed by atoms with van der Waals surface area (Å²) >= 11 is 0. The summed E-state index contributed by atoms with van der Waals surface area (Å²) in [7, 11) is 0.595. The first kappa shape index (κ1) is 15.4. The second-order valence-corrected chi connectivity index (χ2v) is 5.16. The van der Waals surface area contributed by atoms with Gasteiger partial charge in [-0.05, 0) is 51.6 Å². The molecule has 0 aromatic carbocycles. The van der Waals surface area contributed by atoms with Crippen LogP contribution in [0.5, 0.6) is 0 Å². The largest absolute Gasteiger partial charge is 0.481 e. The Bertz CT molecular complexity index is 278. The zero-order valence-electron chi connectivity index (χ0n) is 10.8. The number of nitrogens with two attached hydrogens (primary N) is 1. The molecule has 0 radical (unpaired) electrons. The van der Waals surface area contributed by atoms with Gasteiger partial charge in [0.15, 0.2) is 0 Å². The normalized spacial score (nSPS) is 28.4. The first-order valence-corrected chi connectivity index (χ1v) is 6.45. The molecule has 1 rings (SSSR count). The van der Waals surface area contributed by atoms with E-state index < -0.39 is 13.1 Å². The number of hydrogen-bond donors (Lipinski definition) is 4. The minimum atomic E-state index is -1.30. The van der Waals surface area contributed by atoms with Gasteiger partial charge in [-0.1, -0.05) is 0 Å². The first-order valence-electron chi connectivity index (χ1n) is 6.45. The Labute approximate surface area is 108 Å². The van der Waals surface area contributed by atoms with E-state index in [9.17, 15) is 9.90 Å². The molecule has 0 amide bonds. The Morgan fingerprint density at radius 1 is 1.44 bits per heavy atom. The van der Waals surface area contributed by atoms with Crippen molar-refractivity contribution in [1.82, 2.24) is 4.90 Å². The van der Waals surface area contributed by atoms with Crippen molar-refractivity contribution in [2.45, 2.75) is 31.6 Å². The van der Waals surface area contributed by atoms with E-state index in [0.717, 1.165) is 12.8 Å². The van der Waals surface area contributed by atoms with Crippen LogP contribution in [-0.2, 0) is 4.79 Å². The molecule has 0 aliphatic heterocycles. The summed E-state index contributed by atoms with van der Waals surface area (Å²) in [5, 5.41) is 26.9. The Kier molecular flexibility index (Phi) is 6.07. The predicted octanol–water partition coefficient (Wildman–Crippen LogP) is -0.781. The van der Waals surface area contributed by atoms with Crippen molar-refractivity contribution in [3.8, 4) is 0 Å². The summed E-state index contributed by atoms with van der Waals surface area (Å²) in [4.78, 5) is 13.2. The van der Waals surface area contributed by atoms with Gasteiger partial charge in [0.05, 0.1) is 5.92 Å². The van der Waals surface area contributed by atoms with E-state index in [4.69, 9.17) is 15.8 Å². The third kappa shape index (κ3) is 4.24. The van der Waals surface area contributed by atoms with Crippen molar-refractivity contribution >= 4 is 13.1 Å². The summed E-state index contributed by atoms with van der Waals surface area (Å²) in [6, 6.07) is 0.188. The van der Waals surface area contributed by atoms with Gasteiger partial charge in [-0.2, -0.15) is 0 Å². The number of carbonyl (C=O) groups is 1. The molecule has 0 aromatic heterocycles. The molecule has 6 nitrogen and oxygen atoms in total. The fraction of sp³-hybridized carbons (Fsp3) is 0.909. The summed E-state index contributed by atoms with van der Waals surface area (Å²) in [6.45, 7) is 0.977. The van der Waals surface area contributed by atoms with E-state index in [1.54, 1.807) is 0 Å². The highest BCUT2D eigenvalue weighted by atomic mass is 16.4.